The minimum absolute atomic E-state index is 0.173. The second-order valence-corrected chi connectivity index (χ2v) is 5.15. The van der Waals surface area contributed by atoms with Gasteiger partial charge in [0.1, 0.15) is 5.75 Å². The molecule has 0 spiro atoms. The summed E-state index contributed by atoms with van der Waals surface area (Å²) < 4.78 is 5.18. The molecule has 2 N–H and O–H groups in total. The fraction of sp³-hybridized carbons (Fsp3) is 0.467. The van der Waals surface area contributed by atoms with E-state index in [4.69, 9.17) is 9.84 Å². The standard InChI is InChI=1S/C15H20N2O4/c1-11-6-4-5-9-17(11)15(20)16-12-7-2-3-8-13(12)21-10-14(18)19/h2-3,7-8,11H,4-6,9-10H2,1H3,(H,16,20)(H,18,19). The van der Waals surface area contributed by atoms with Gasteiger partial charge in [0.15, 0.2) is 6.61 Å². The summed E-state index contributed by atoms with van der Waals surface area (Å²) in [5.74, 6) is -0.696. The van der Waals surface area contributed by atoms with Gasteiger partial charge in [-0.25, -0.2) is 9.59 Å². The molecular formula is C15H20N2O4. The van der Waals surface area contributed by atoms with E-state index in [9.17, 15) is 9.59 Å². The number of ether oxygens (including phenoxy) is 1. The van der Waals surface area contributed by atoms with E-state index >= 15 is 0 Å². The monoisotopic (exact) mass is 292 g/mol. The number of carboxylic acids is 1. The summed E-state index contributed by atoms with van der Waals surface area (Å²) in [5.41, 5.74) is 0.488. The van der Waals surface area contributed by atoms with Crippen molar-refractivity contribution < 1.29 is 19.4 Å². The molecule has 1 aromatic rings. The number of para-hydroxylation sites is 2. The van der Waals surface area contributed by atoms with Crippen molar-refractivity contribution in [2.45, 2.75) is 32.2 Å². The highest BCUT2D eigenvalue weighted by Crippen LogP contribution is 2.25. The van der Waals surface area contributed by atoms with Gasteiger partial charge in [0.05, 0.1) is 5.69 Å². The van der Waals surface area contributed by atoms with Gasteiger partial charge in [-0.05, 0) is 38.3 Å². The van der Waals surface area contributed by atoms with E-state index in [2.05, 4.69) is 5.32 Å². The van der Waals surface area contributed by atoms with E-state index in [0.717, 1.165) is 25.8 Å². The number of anilines is 1. The van der Waals surface area contributed by atoms with Crippen LogP contribution in [0.2, 0.25) is 0 Å². The molecule has 2 amide bonds. The average Bonchev–Trinajstić information content (AvgIpc) is 2.46. The van der Waals surface area contributed by atoms with Crippen LogP contribution in [0.3, 0.4) is 0 Å². The van der Waals surface area contributed by atoms with Crippen molar-refractivity contribution in [3.05, 3.63) is 24.3 Å². The number of aliphatic carboxylic acids is 1. The molecule has 1 atom stereocenters. The van der Waals surface area contributed by atoms with Crippen LogP contribution in [-0.4, -0.2) is 41.2 Å². The number of hydrogen-bond acceptors (Lipinski definition) is 3. The molecule has 1 fully saturated rings. The number of carbonyl (C=O) groups excluding carboxylic acids is 1. The van der Waals surface area contributed by atoms with Crippen LogP contribution in [-0.2, 0) is 4.79 Å². The van der Waals surface area contributed by atoms with Crippen molar-refractivity contribution in [2.24, 2.45) is 0 Å². The molecule has 0 aromatic heterocycles. The lowest BCUT2D eigenvalue weighted by Crippen LogP contribution is -2.44. The molecule has 0 aliphatic carbocycles. The van der Waals surface area contributed by atoms with Crippen molar-refractivity contribution in [1.29, 1.82) is 0 Å². The summed E-state index contributed by atoms with van der Waals surface area (Å²) in [4.78, 5) is 24.7. The Bertz CT molecular complexity index is 518. The van der Waals surface area contributed by atoms with E-state index in [1.165, 1.54) is 0 Å². The van der Waals surface area contributed by atoms with Gasteiger partial charge < -0.3 is 20.1 Å². The Morgan fingerprint density at radius 3 is 2.86 bits per heavy atom. The molecule has 6 nitrogen and oxygen atoms in total. The van der Waals surface area contributed by atoms with Gasteiger partial charge in [0, 0.05) is 12.6 Å². The highest BCUT2D eigenvalue weighted by atomic mass is 16.5. The summed E-state index contributed by atoms with van der Waals surface area (Å²) >= 11 is 0. The van der Waals surface area contributed by atoms with Crippen LogP contribution in [0.25, 0.3) is 0 Å². The maximum absolute atomic E-state index is 12.3. The first-order valence-electron chi connectivity index (χ1n) is 7.09. The number of hydrogen-bond donors (Lipinski definition) is 2. The first-order valence-corrected chi connectivity index (χ1v) is 7.09. The molecule has 114 valence electrons. The number of nitrogens with one attached hydrogen (secondary N) is 1. The Hall–Kier alpha value is -2.24. The lowest BCUT2D eigenvalue weighted by Gasteiger charge is -2.33. The van der Waals surface area contributed by atoms with Crippen LogP contribution in [0, 0.1) is 0 Å². The summed E-state index contributed by atoms with van der Waals surface area (Å²) in [6, 6.07) is 6.88. The lowest BCUT2D eigenvalue weighted by atomic mass is 10.0. The molecular weight excluding hydrogens is 272 g/mol. The second-order valence-electron chi connectivity index (χ2n) is 5.15. The highest BCUT2D eigenvalue weighted by molar-refractivity contribution is 5.91. The SMILES string of the molecule is CC1CCCCN1C(=O)Nc1ccccc1OCC(=O)O. The van der Waals surface area contributed by atoms with Gasteiger partial charge in [-0.15, -0.1) is 0 Å². The number of benzene rings is 1. The van der Waals surface area contributed by atoms with Gasteiger partial charge in [-0.2, -0.15) is 0 Å². The number of carboxylic acid groups (broad SMARTS) is 1. The summed E-state index contributed by atoms with van der Waals surface area (Å²) in [5, 5.41) is 11.5. The molecule has 0 saturated carbocycles. The van der Waals surface area contributed by atoms with E-state index in [1.807, 2.05) is 6.92 Å². The zero-order valence-electron chi connectivity index (χ0n) is 12.0. The largest absolute Gasteiger partial charge is 0.480 e. The predicted octanol–water partition coefficient (Wildman–Crippen LogP) is 2.56. The molecule has 2 rings (SSSR count). The minimum atomic E-state index is -1.05. The van der Waals surface area contributed by atoms with E-state index < -0.39 is 12.6 Å². The first kappa shape index (κ1) is 15.2. The molecule has 1 unspecified atom stereocenters. The summed E-state index contributed by atoms with van der Waals surface area (Å²) in [7, 11) is 0. The molecule has 0 bridgehead atoms. The van der Waals surface area contributed by atoms with Crippen LogP contribution < -0.4 is 10.1 Å². The number of likely N-dealkylation sites (tertiary alicyclic amines) is 1. The fourth-order valence-corrected chi connectivity index (χ4v) is 2.42. The van der Waals surface area contributed by atoms with E-state index in [0.29, 0.717) is 11.4 Å². The predicted molar refractivity (Wildman–Crippen MR) is 78.6 cm³/mol. The Balaban J connectivity index is 2.04. The fourth-order valence-electron chi connectivity index (χ4n) is 2.42. The van der Waals surface area contributed by atoms with Crippen molar-refractivity contribution in [2.75, 3.05) is 18.5 Å². The third-order valence-electron chi connectivity index (χ3n) is 3.54. The van der Waals surface area contributed by atoms with Crippen LogP contribution in [0.5, 0.6) is 5.75 Å². The van der Waals surface area contributed by atoms with Gasteiger partial charge in [0.2, 0.25) is 0 Å². The zero-order valence-corrected chi connectivity index (χ0v) is 12.0. The van der Waals surface area contributed by atoms with Gasteiger partial charge in [0.25, 0.3) is 0 Å². The Kier molecular flexibility index (Phi) is 5.03. The number of carbonyl (C=O) groups is 2. The molecule has 1 aromatic carbocycles. The van der Waals surface area contributed by atoms with Crippen molar-refractivity contribution in [3.63, 3.8) is 0 Å². The van der Waals surface area contributed by atoms with Crippen molar-refractivity contribution in [1.82, 2.24) is 4.90 Å². The van der Waals surface area contributed by atoms with Crippen LogP contribution in [0.4, 0.5) is 10.5 Å². The van der Waals surface area contributed by atoms with Gasteiger partial charge >= 0.3 is 12.0 Å². The molecule has 0 radical (unpaired) electrons. The maximum Gasteiger partial charge on any atom is 0.341 e. The van der Waals surface area contributed by atoms with Crippen LogP contribution in [0.1, 0.15) is 26.2 Å². The van der Waals surface area contributed by atoms with Crippen molar-refractivity contribution in [3.8, 4) is 5.75 Å². The van der Waals surface area contributed by atoms with E-state index in [-0.39, 0.29) is 12.1 Å². The Labute approximate surface area is 123 Å². The van der Waals surface area contributed by atoms with E-state index in [1.54, 1.807) is 29.2 Å². The summed E-state index contributed by atoms with van der Waals surface area (Å²) in [6.45, 7) is 2.34. The topological polar surface area (TPSA) is 78.9 Å². The third-order valence-corrected chi connectivity index (χ3v) is 3.54. The lowest BCUT2D eigenvalue weighted by molar-refractivity contribution is -0.139. The number of nitrogens with zero attached hydrogens (tertiary/aromatic N) is 1. The quantitative estimate of drug-likeness (QED) is 0.894. The third kappa shape index (κ3) is 4.11. The normalized spacial score (nSPS) is 18.1. The van der Waals surface area contributed by atoms with Crippen molar-refractivity contribution >= 4 is 17.7 Å². The highest BCUT2D eigenvalue weighted by Gasteiger charge is 2.23. The average molecular weight is 292 g/mol. The first-order chi connectivity index (χ1) is 10.1. The smallest absolute Gasteiger partial charge is 0.341 e. The number of piperidine rings is 1. The number of urea groups is 1. The second kappa shape index (κ2) is 6.97. The summed E-state index contributed by atoms with van der Waals surface area (Å²) in [6.07, 6.45) is 3.16. The molecule has 1 aliphatic rings. The number of amides is 2. The molecule has 1 saturated heterocycles. The number of rotatable bonds is 4. The maximum atomic E-state index is 12.3. The molecule has 21 heavy (non-hydrogen) atoms. The van der Waals surface area contributed by atoms with Gasteiger partial charge in [-0.3, -0.25) is 0 Å². The molecule has 6 heteroatoms. The van der Waals surface area contributed by atoms with Crippen LogP contribution >= 0.6 is 0 Å². The Morgan fingerprint density at radius 1 is 1.38 bits per heavy atom. The Morgan fingerprint density at radius 2 is 2.14 bits per heavy atom. The molecule has 1 heterocycles. The minimum Gasteiger partial charge on any atom is -0.480 e. The zero-order chi connectivity index (χ0) is 15.2. The van der Waals surface area contributed by atoms with Gasteiger partial charge in [-0.1, -0.05) is 12.1 Å². The van der Waals surface area contributed by atoms with Crippen LogP contribution in [0.15, 0.2) is 24.3 Å². The molecule has 1 aliphatic heterocycles.